The number of nitrogens with one attached hydrogen (secondary N) is 1. The third kappa shape index (κ3) is 4.80. The Morgan fingerprint density at radius 3 is 2.52 bits per heavy atom. The molecule has 0 spiro atoms. The van der Waals surface area contributed by atoms with Gasteiger partial charge >= 0.3 is 0 Å². The van der Waals surface area contributed by atoms with E-state index >= 15 is 0 Å². The minimum absolute atomic E-state index is 0.0346. The average Bonchev–Trinajstić information content (AvgIpc) is 2.61. The van der Waals surface area contributed by atoms with Gasteiger partial charge in [-0.2, -0.15) is 4.31 Å². The van der Waals surface area contributed by atoms with Gasteiger partial charge in [-0.1, -0.05) is 25.3 Å². The van der Waals surface area contributed by atoms with Gasteiger partial charge in [-0.3, -0.25) is 4.79 Å². The summed E-state index contributed by atoms with van der Waals surface area (Å²) in [5, 5.41) is 2.82. The summed E-state index contributed by atoms with van der Waals surface area (Å²) in [7, 11) is -1.98. The molecule has 1 saturated carbocycles. The average molecular weight is 368 g/mol. The highest BCUT2D eigenvalue weighted by molar-refractivity contribution is 7.89. The molecule has 0 unspecified atom stereocenters. The number of carbonyl (C=O) groups is 1. The van der Waals surface area contributed by atoms with Crippen molar-refractivity contribution in [3.63, 3.8) is 0 Å². The summed E-state index contributed by atoms with van der Waals surface area (Å²) in [6.45, 7) is 3.94. The Labute approximate surface area is 150 Å². The number of rotatable bonds is 6. The monoisotopic (exact) mass is 367 g/mol. The van der Waals surface area contributed by atoms with E-state index < -0.39 is 15.6 Å². The zero-order valence-corrected chi connectivity index (χ0v) is 16.1. The van der Waals surface area contributed by atoms with Crippen LogP contribution in [0, 0.1) is 0 Å². The van der Waals surface area contributed by atoms with E-state index in [0.717, 1.165) is 32.1 Å². The third-order valence-electron chi connectivity index (χ3n) is 4.82. The van der Waals surface area contributed by atoms with E-state index in [4.69, 9.17) is 5.73 Å². The first-order chi connectivity index (χ1) is 11.7. The number of nitrogens with two attached hydrogens (primary N) is 1. The largest absolute Gasteiger partial charge is 0.346 e. The molecule has 0 aromatic heterocycles. The number of hydrogen-bond donors (Lipinski definition) is 2. The summed E-state index contributed by atoms with van der Waals surface area (Å²) in [4.78, 5) is 12.5. The molecule has 1 fully saturated rings. The molecule has 3 N–H and O–H groups in total. The molecule has 0 heterocycles. The molecule has 0 radical (unpaired) electrons. The van der Waals surface area contributed by atoms with E-state index in [1.807, 2.05) is 13.8 Å². The molecule has 140 valence electrons. The molecular formula is C18H29N3O3S. The molecule has 0 bridgehead atoms. The first-order valence-electron chi connectivity index (χ1n) is 8.78. The molecule has 2 rings (SSSR count). The fraction of sp³-hybridized carbons (Fsp3) is 0.611. The topological polar surface area (TPSA) is 92.5 Å². The smallest absolute Gasteiger partial charge is 0.251 e. The van der Waals surface area contributed by atoms with Crippen LogP contribution in [-0.4, -0.2) is 43.8 Å². The lowest BCUT2D eigenvalue weighted by Gasteiger charge is -2.30. The van der Waals surface area contributed by atoms with Crippen molar-refractivity contribution >= 4 is 15.9 Å². The third-order valence-corrected chi connectivity index (χ3v) is 6.73. The first-order valence-corrected chi connectivity index (χ1v) is 10.2. The summed E-state index contributed by atoms with van der Waals surface area (Å²) in [6, 6.07) is 6.23. The number of carbonyl (C=O) groups excluding carboxylic acids is 1. The normalized spacial score (nSPS) is 16.8. The highest BCUT2D eigenvalue weighted by atomic mass is 32.2. The molecule has 7 heteroatoms. The zero-order valence-electron chi connectivity index (χ0n) is 15.3. The van der Waals surface area contributed by atoms with Crippen molar-refractivity contribution in [2.45, 2.75) is 62.4 Å². The molecule has 6 nitrogen and oxygen atoms in total. The number of nitrogens with zero attached hydrogens (tertiary/aromatic N) is 1. The van der Waals surface area contributed by atoms with Crippen LogP contribution in [0.15, 0.2) is 29.2 Å². The molecule has 1 aliphatic carbocycles. The second-order valence-electron chi connectivity index (χ2n) is 7.38. The van der Waals surface area contributed by atoms with Gasteiger partial charge in [0.2, 0.25) is 10.0 Å². The van der Waals surface area contributed by atoms with Crippen LogP contribution in [0.2, 0.25) is 0 Å². The van der Waals surface area contributed by atoms with E-state index in [1.54, 1.807) is 25.2 Å². The van der Waals surface area contributed by atoms with Crippen molar-refractivity contribution in [1.29, 1.82) is 0 Å². The minimum atomic E-state index is -3.62. The second-order valence-corrected chi connectivity index (χ2v) is 9.38. The lowest BCUT2D eigenvalue weighted by molar-refractivity contribution is 0.0915. The van der Waals surface area contributed by atoms with Crippen LogP contribution in [-0.2, 0) is 10.0 Å². The van der Waals surface area contributed by atoms with Crippen LogP contribution in [0.5, 0.6) is 0 Å². The molecule has 1 aromatic carbocycles. The molecular weight excluding hydrogens is 338 g/mol. The quantitative estimate of drug-likeness (QED) is 0.805. The van der Waals surface area contributed by atoms with Gasteiger partial charge in [-0.05, 0) is 44.9 Å². The summed E-state index contributed by atoms with van der Waals surface area (Å²) in [5.74, 6) is -0.326. The van der Waals surface area contributed by atoms with Crippen molar-refractivity contribution in [2.75, 3.05) is 13.6 Å². The van der Waals surface area contributed by atoms with E-state index in [2.05, 4.69) is 5.32 Å². The Balaban J connectivity index is 2.23. The summed E-state index contributed by atoms with van der Waals surface area (Å²) < 4.78 is 27.3. The Hall–Kier alpha value is -1.44. The van der Waals surface area contributed by atoms with Crippen molar-refractivity contribution < 1.29 is 13.2 Å². The van der Waals surface area contributed by atoms with Gasteiger partial charge in [-0.15, -0.1) is 0 Å². The lowest BCUT2D eigenvalue weighted by Crippen LogP contribution is -2.48. The van der Waals surface area contributed by atoms with Gasteiger partial charge in [-0.25, -0.2) is 8.42 Å². The SMILES string of the molecule is CN(C1CCCCC1)S(=O)(=O)c1cccc(C(=O)NC(C)(C)CN)c1. The van der Waals surface area contributed by atoms with Gasteiger partial charge in [0.05, 0.1) is 4.90 Å². The Bertz CT molecular complexity index is 710. The maximum atomic E-state index is 12.9. The van der Waals surface area contributed by atoms with Crippen LogP contribution in [0.3, 0.4) is 0 Å². The highest BCUT2D eigenvalue weighted by Crippen LogP contribution is 2.26. The number of amides is 1. The molecule has 1 aromatic rings. The number of benzene rings is 1. The van der Waals surface area contributed by atoms with Crippen molar-refractivity contribution in [2.24, 2.45) is 5.73 Å². The van der Waals surface area contributed by atoms with Crippen molar-refractivity contribution in [3.05, 3.63) is 29.8 Å². The van der Waals surface area contributed by atoms with Crippen LogP contribution < -0.4 is 11.1 Å². The molecule has 0 aliphatic heterocycles. The van der Waals surface area contributed by atoms with Gasteiger partial charge < -0.3 is 11.1 Å². The Kier molecular flexibility index (Phi) is 6.24. The van der Waals surface area contributed by atoms with Crippen LogP contribution in [0.4, 0.5) is 0 Å². The molecule has 0 atom stereocenters. The van der Waals surface area contributed by atoms with Gasteiger partial charge in [0.15, 0.2) is 0 Å². The second kappa shape index (κ2) is 7.85. The van der Waals surface area contributed by atoms with E-state index in [1.165, 1.54) is 10.4 Å². The standard InChI is InChI=1S/C18H29N3O3S/c1-18(2,13-19)20-17(22)14-8-7-11-16(12-14)25(23,24)21(3)15-9-5-4-6-10-15/h7-8,11-12,15H,4-6,9-10,13,19H2,1-3H3,(H,20,22). The minimum Gasteiger partial charge on any atom is -0.346 e. The Morgan fingerprint density at radius 2 is 1.92 bits per heavy atom. The lowest BCUT2D eigenvalue weighted by atomic mass is 9.96. The van der Waals surface area contributed by atoms with E-state index in [0.29, 0.717) is 12.1 Å². The first kappa shape index (κ1) is 19.9. The van der Waals surface area contributed by atoms with Crippen LogP contribution >= 0.6 is 0 Å². The zero-order chi connectivity index (χ0) is 18.7. The molecule has 1 amide bonds. The maximum Gasteiger partial charge on any atom is 0.251 e. The maximum absolute atomic E-state index is 12.9. The van der Waals surface area contributed by atoms with Gasteiger partial charge in [0, 0.05) is 30.7 Å². The van der Waals surface area contributed by atoms with Crippen LogP contribution in [0.1, 0.15) is 56.3 Å². The summed E-state index contributed by atoms with van der Waals surface area (Å²) >= 11 is 0. The van der Waals surface area contributed by atoms with Gasteiger partial charge in [0.1, 0.15) is 0 Å². The van der Waals surface area contributed by atoms with E-state index in [9.17, 15) is 13.2 Å². The van der Waals surface area contributed by atoms with Crippen LogP contribution in [0.25, 0.3) is 0 Å². The predicted octanol–water partition coefficient (Wildman–Crippen LogP) is 2.11. The molecule has 1 aliphatic rings. The fourth-order valence-electron chi connectivity index (χ4n) is 3.04. The predicted molar refractivity (Wildman–Crippen MR) is 98.9 cm³/mol. The number of sulfonamides is 1. The van der Waals surface area contributed by atoms with Crippen molar-refractivity contribution in [1.82, 2.24) is 9.62 Å². The van der Waals surface area contributed by atoms with Gasteiger partial charge in [0.25, 0.3) is 5.91 Å². The Morgan fingerprint density at radius 1 is 1.28 bits per heavy atom. The summed E-state index contributed by atoms with van der Waals surface area (Å²) in [5.41, 5.74) is 5.41. The van der Waals surface area contributed by atoms with Crippen molar-refractivity contribution in [3.8, 4) is 0 Å². The molecule has 0 saturated heterocycles. The number of hydrogen-bond acceptors (Lipinski definition) is 4. The highest BCUT2D eigenvalue weighted by Gasteiger charge is 2.29. The fourth-order valence-corrected chi connectivity index (χ4v) is 4.50. The molecule has 25 heavy (non-hydrogen) atoms. The summed E-state index contributed by atoms with van der Waals surface area (Å²) in [6.07, 6.45) is 5.06. The van der Waals surface area contributed by atoms with E-state index in [-0.39, 0.29) is 16.8 Å².